The largest absolute Gasteiger partial charge is 0.484 e. The molecule has 1 heterocycles. The maximum absolute atomic E-state index is 12.5. The monoisotopic (exact) mass is 425 g/mol. The zero-order valence-electron chi connectivity index (χ0n) is 15.9. The van der Waals surface area contributed by atoms with Crippen molar-refractivity contribution in [1.82, 2.24) is 10.2 Å². The van der Waals surface area contributed by atoms with Gasteiger partial charge < -0.3 is 15.0 Å². The zero-order valence-corrected chi connectivity index (χ0v) is 17.5. The van der Waals surface area contributed by atoms with Crippen molar-refractivity contribution < 1.29 is 22.7 Å². The fourth-order valence-electron chi connectivity index (χ4n) is 2.10. The summed E-state index contributed by atoms with van der Waals surface area (Å²) in [7, 11) is -0.428. The van der Waals surface area contributed by atoms with Gasteiger partial charge in [-0.15, -0.1) is 11.3 Å². The highest BCUT2D eigenvalue weighted by atomic mass is 32.2. The molecule has 2 rings (SSSR count). The number of hydrogen-bond acceptors (Lipinski definition) is 6. The number of sulfonamides is 1. The van der Waals surface area contributed by atoms with Gasteiger partial charge >= 0.3 is 0 Å². The van der Waals surface area contributed by atoms with E-state index in [1.807, 2.05) is 0 Å². The molecule has 0 spiro atoms. The van der Waals surface area contributed by atoms with Crippen LogP contribution in [0.1, 0.15) is 11.8 Å². The Morgan fingerprint density at radius 2 is 1.79 bits per heavy atom. The minimum absolute atomic E-state index is 0.0888. The van der Waals surface area contributed by atoms with Crippen LogP contribution in [0.25, 0.3) is 0 Å². The van der Waals surface area contributed by atoms with Gasteiger partial charge in [0.05, 0.1) is 0 Å². The highest BCUT2D eigenvalue weighted by Crippen LogP contribution is 2.25. The van der Waals surface area contributed by atoms with Crippen LogP contribution < -0.4 is 14.8 Å². The summed E-state index contributed by atoms with van der Waals surface area (Å²) in [5, 5.41) is 2.68. The number of nitrogens with one attached hydrogen (secondary N) is 2. The summed E-state index contributed by atoms with van der Waals surface area (Å²) < 4.78 is 33.1. The van der Waals surface area contributed by atoms with Crippen molar-refractivity contribution in [2.24, 2.45) is 0 Å². The smallest absolute Gasteiger partial charge is 0.271 e. The SMILES string of the molecule is CC(=O)NCCc1ccc(S(=O)(=O)Nc2ccc(OCC(=O)N(C)C)cc2)s1. The lowest BCUT2D eigenvalue weighted by molar-refractivity contribution is -0.130. The molecular formula is C18H23N3O5S2. The molecule has 0 aliphatic heterocycles. The number of likely N-dealkylation sites (N-methyl/N-ethyl adjacent to an activating group) is 1. The number of carbonyl (C=O) groups is 2. The van der Waals surface area contributed by atoms with E-state index in [0.29, 0.717) is 24.4 Å². The summed E-state index contributed by atoms with van der Waals surface area (Å²) in [4.78, 5) is 24.7. The van der Waals surface area contributed by atoms with Crippen LogP contribution in [0, 0.1) is 0 Å². The molecule has 0 aliphatic rings. The lowest BCUT2D eigenvalue weighted by Gasteiger charge is -2.12. The Kier molecular flexibility index (Phi) is 7.41. The summed E-state index contributed by atoms with van der Waals surface area (Å²) >= 11 is 1.16. The topological polar surface area (TPSA) is 105 Å². The second-order valence-corrected chi connectivity index (χ2v) is 9.24. The van der Waals surface area contributed by atoms with E-state index < -0.39 is 10.0 Å². The van der Waals surface area contributed by atoms with Crippen LogP contribution in [-0.4, -0.2) is 52.4 Å². The van der Waals surface area contributed by atoms with E-state index >= 15 is 0 Å². The molecule has 2 amide bonds. The molecule has 0 fully saturated rings. The molecule has 10 heteroatoms. The summed E-state index contributed by atoms with van der Waals surface area (Å²) in [6.07, 6.45) is 0.567. The van der Waals surface area contributed by atoms with E-state index in [1.54, 1.807) is 50.5 Å². The van der Waals surface area contributed by atoms with Gasteiger partial charge in [0.1, 0.15) is 9.96 Å². The van der Waals surface area contributed by atoms with Gasteiger partial charge in [-0.2, -0.15) is 0 Å². The molecule has 1 aromatic heterocycles. The molecular weight excluding hydrogens is 402 g/mol. The van der Waals surface area contributed by atoms with Crippen LogP contribution >= 0.6 is 11.3 Å². The number of anilines is 1. The highest BCUT2D eigenvalue weighted by molar-refractivity contribution is 7.94. The molecule has 0 saturated heterocycles. The third-order valence-corrected chi connectivity index (χ3v) is 6.63. The first-order chi connectivity index (χ1) is 13.2. The Bertz CT molecular complexity index is 921. The van der Waals surface area contributed by atoms with Crippen molar-refractivity contribution in [1.29, 1.82) is 0 Å². The lowest BCUT2D eigenvalue weighted by Crippen LogP contribution is -2.27. The number of carbonyl (C=O) groups excluding carboxylic acids is 2. The summed E-state index contributed by atoms with van der Waals surface area (Å²) in [6, 6.07) is 9.60. The van der Waals surface area contributed by atoms with Crippen LogP contribution in [0.2, 0.25) is 0 Å². The van der Waals surface area contributed by atoms with Crippen LogP contribution in [0.4, 0.5) is 5.69 Å². The Balaban J connectivity index is 1.95. The Labute approximate surface area is 168 Å². The van der Waals surface area contributed by atoms with Gasteiger partial charge in [-0.25, -0.2) is 8.42 Å². The van der Waals surface area contributed by atoms with Crippen molar-refractivity contribution in [3.05, 3.63) is 41.3 Å². The maximum atomic E-state index is 12.5. The summed E-state index contributed by atoms with van der Waals surface area (Å²) in [5.74, 6) is 0.177. The van der Waals surface area contributed by atoms with Gasteiger partial charge in [-0.1, -0.05) is 0 Å². The number of nitrogens with zero attached hydrogens (tertiary/aromatic N) is 1. The van der Waals surface area contributed by atoms with Crippen LogP contribution in [-0.2, 0) is 26.0 Å². The quantitative estimate of drug-likeness (QED) is 0.636. The standard InChI is InChI=1S/C18H23N3O5S2/c1-13(22)19-11-10-16-8-9-18(27-16)28(24,25)20-14-4-6-15(7-5-14)26-12-17(23)21(2)3/h4-9,20H,10-12H2,1-3H3,(H,19,22). The van der Waals surface area contributed by atoms with E-state index in [2.05, 4.69) is 10.0 Å². The average molecular weight is 426 g/mol. The Hall–Kier alpha value is -2.59. The molecule has 0 unspecified atom stereocenters. The number of ether oxygens (including phenoxy) is 1. The third-order valence-electron chi connectivity index (χ3n) is 3.61. The number of benzene rings is 1. The Morgan fingerprint density at radius 3 is 2.39 bits per heavy atom. The van der Waals surface area contributed by atoms with Gasteiger partial charge in [-0.3, -0.25) is 14.3 Å². The number of rotatable bonds is 9. The average Bonchev–Trinajstić information content (AvgIpc) is 3.10. The first-order valence-electron chi connectivity index (χ1n) is 8.46. The highest BCUT2D eigenvalue weighted by Gasteiger charge is 2.17. The third kappa shape index (κ3) is 6.54. The maximum Gasteiger partial charge on any atom is 0.271 e. The molecule has 28 heavy (non-hydrogen) atoms. The van der Waals surface area contributed by atoms with Crippen molar-refractivity contribution in [2.45, 2.75) is 17.6 Å². The van der Waals surface area contributed by atoms with E-state index in [1.165, 1.54) is 11.8 Å². The molecule has 0 radical (unpaired) electrons. The van der Waals surface area contributed by atoms with Crippen LogP contribution in [0.3, 0.4) is 0 Å². The van der Waals surface area contributed by atoms with Crippen molar-refractivity contribution in [2.75, 3.05) is 32.0 Å². The Morgan fingerprint density at radius 1 is 1.11 bits per heavy atom. The van der Waals surface area contributed by atoms with E-state index in [0.717, 1.165) is 16.2 Å². The minimum atomic E-state index is -3.70. The predicted molar refractivity (Wildman–Crippen MR) is 108 cm³/mol. The van der Waals surface area contributed by atoms with E-state index in [-0.39, 0.29) is 22.6 Å². The van der Waals surface area contributed by atoms with Gasteiger partial charge in [0.15, 0.2) is 6.61 Å². The van der Waals surface area contributed by atoms with Gasteiger partial charge in [-0.05, 0) is 42.8 Å². The molecule has 1 aromatic carbocycles. The van der Waals surface area contributed by atoms with Gasteiger partial charge in [0.25, 0.3) is 15.9 Å². The second kappa shape index (κ2) is 9.56. The number of hydrogen-bond donors (Lipinski definition) is 2. The fourth-order valence-corrected chi connectivity index (χ4v) is 4.51. The molecule has 0 atom stereocenters. The first kappa shape index (κ1) is 21.7. The molecule has 0 bridgehead atoms. The normalized spacial score (nSPS) is 11.0. The molecule has 2 N–H and O–H groups in total. The van der Waals surface area contributed by atoms with Crippen molar-refractivity contribution in [3.8, 4) is 5.75 Å². The van der Waals surface area contributed by atoms with Gasteiger partial charge in [0.2, 0.25) is 5.91 Å². The first-order valence-corrected chi connectivity index (χ1v) is 10.8. The van der Waals surface area contributed by atoms with Crippen molar-refractivity contribution in [3.63, 3.8) is 0 Å². The van der Waals surface area contributed by atoms with Crippen LogP contribution in [0.15, 0.2) is 40.6 Å². The van der Waals surface area contributed by atoms with E-state index in [4.69, 9.17) is 4.74 Å². The van der Waals surface area contributed by atoms with Gasteiger partial charge in [0, 0.05) is 38.1 Å². The zero-order chi connectivity index (χ0) is 20.7. The van der Waals surface area contributed by atoms with Crippen LogP contribution in [0.5, 0.6) is 5.75 Å². The number of amides is 2. The van der Waals surface area contributed by atoms with E-state index in [9.17, 15) is 18.0 Å². The summed E-state index contributed by atoms with van der Waals surface area (Å²) in [5.41, 5.74) is 0.388. The predicted octanol–water partition coefficient (Wildman–Crippen LogP) is 1.69. The van der Waals surface area contributed by atoms with Crippen molar-refractivity contribution >= 4 is 38.9 Å². The molecule has 0 aliphatic carbocycles. The summed E-state index contributed by atoms with van der Waals surface area (Å²) in [6.45, 7) is 1.81. The lowest BCUT2D eigenvalue weighted by atomic mass is 10.3. The second-order valence-electron chi connectivity index (χ2n) is 6.16. The minimum Gasteiger partial charge on any atom is -0.484 e. The molecule has 0 saturated carbocycles. The molecule has 8 nitrogen and oxygen atoms in total. The molecule has 152 valence electrons. The fraction of sp³-hybridized carbons (Fsp3) is 0.333. The molecule has 2 aromatic rings. The number of thiophene rings is 1.